The van der Waals surface area contributed by atoms with E-state index in [0.717, 1.165) is 9.35 Å². The molecule has 0 saturated heterocycles. The lowest BCUT2D eigenvalue weighted by atomic mass is 10.2. The van der Waals surface area contributed by atoms with Crippen molar-refractivity contribution in [2.75, 3.05) is 0 Å². The molecule has 1 aromatic heterocycles. The molecule has 0 fully saturated rings. The topological polar surface area (TPSA) is 76.2 Å². The average molecular weight is 251 g/mol. The Balaban J connectivity index is 2.71. The van der Waals surface area contributed by atoms with Crippen LogP contribution in [0.2, 0.25) is 0 Å². The molecule has 0 aliphatic heterocycles. The largest absolute Gasteiger partial charge is 0.481 e. The van der Waals surface area contributed by atoms with Gasteiger partial charge in [-0.2, -0.15) is 4.37 Å². The van der Waals surface area contributed by atoms with Crippen LogP contribution in [0, 0.1) is 0 Å². The van der Waals surface area contributed by atoms with E-state index in [9.17, 15) is 4.79 Å². The monoisotopic (exact) mass is 250 g/mol. The number of aliphatic carboxylic acids is 1. The Morgan fingerprint density at radius 2 is 2.58 bits per heavy atom. The van der Waals surface area contributed by atoms with Crippen molar-refractivity contribution in [2.45, 2.75) is 12.5 Å². The molecule has 1 heterocycles. The molecular formula is C6H7BrN2O2S. The van der Waals surface area contributed by atoms with Crippen molar-refractivity contribution >= 4 is 33.4 Å². The molecule has 0 bridgehead atoms. The van der Waals surface area contributed by atoms with Gasteiger partial charge < -0.3 is 10.8 Å². The summed E-state index contributed by atoms with van der Waals surface area (Å²) in [7, 11) is 0. The summed E-state index contributed by atoms with van der Waals surface area (Å²) in [4.78, 5) is 11.1. The normalized spacial score (nSPS) is 12.8. The van der Waals surface area contributed by atoms with Crippen LogP contribution in [0.4, 0.5) is 0 Å². The molecule has 12 heavy (non-hydrogen) atoms. The highest BCUT2D eigenvalue weighted by Gasteiger charge is 2.15. The van der Waals surface area contributed by atoms with Crippen LogP contribution < -0.4 is 5.73 Å². The molecule has 0 amide bonds. The molecule has 0 radical (unpaired) electrons. The molecule has 0 aliphatic carbocycles. The van der Waals surface area contributed by atoms with E-state index >= 15 is 0 Å². The van der Waals surface area contributed by atoms with E-state index in [0.29, 0.717) is 0 Å². The van der Waals surface area contributed by atoms with Crippen molar-refractivity contribution in [1.29, 1.82) is 0 Å². The highest BCUT2D eigenvalue weighted by atomic mass is 79.9. The standard InChI is InChI=1S/C6H7BrN2O2S/c7-3-2-9-12-6(3)4(8)1-5(10)11/h2,4H,1,8H2,(H,10,11). The van der Waals surface area contributed by atoms with Crippen LogP contribution in [0.15, 0.2) is 10.7 Å². The van der Waals surface area contributed by atoms with Crippen LogP contribution in [0.5, 0.6) is 0 Å². The van der Waals surface area contributed by atoms with E-state index in [1.54, 1.807) is 6.20 Å². The van der Waals surface area contributed by atoms with E-state index in [2.05, 4.69) is 20.3 Å². The number of nitrogens with two attached hydrogens (primary N) is 1. The maximum absolute atomic E-state index is 10.3. The van der Waals surface area contributed by atoms with Gasteiger partial charge in [0.15, 0.2) is 0 Å². The zero-order valence-corrected chi connectivity index (χ0v) is 8.43. The van der Waals surface area contributed by atoms with E-state index in [-0.39, 0.29) is 6.42 Å². The van der Waals surface area contributed by atoms with Gasteiger partial charge in [-0.05, 0) is 27.5 Å². The van der Waals surface area contributed by atoms with Crippen LogP contribution in [-0.4, -0.2) is 15.4 Å². The van der Waals surface area contributed by atoms with Crippen molar-refractivity contribution in [3.63, 3.8) is 0 Å². The van der Waals surface area contributed by atoms with Crippen molar-refractivity contribution in [3.8, 4) is 0 Å². The summed E-state index contributed by atoms with van der Waals surface area (Å²) in [6, 6.07) is -0.468. The Morgan fingerprint density at radius 1 is 1.92 bits per heavy atom. The Kier molecular flexibility index (Phi) is 3.19. The fraction of sp³-hybridized carbons (Fsp3) is 0.333. The fourth-order valence-corrected chi connectivity index (χ4v) is 2.14. The van der Waals surface area contributed by atoms with Crippen LogP contribution in [-0.2, 0) is 4.79 Å². The van der Waals surface area contributed by atoms with Gasteiger partial charge in [0.05, 0.1) is 28.0 Å². The average Bonchev–Trinajstić information content (AvgIpc) is 2.33. The molecule has 6 heteroatoms. The Hall–Kier alpha value is -0.460. The number of carboxylic acids is 1. The summed E-state index contributed by atoms with van der Waals surface area (Å²) < 4.78 is 4.65. The van der Waals surface area contributed by atoms with Crippen molar-refractivity contribution < 1.29 is 9.90 Å². The molecule has 1 atom stereocenters. The van der Waals surface area contributed by atoms with Gasteiger partial charge >= 0.3 is 5.97 Å². The van der Waals surface area contributed by atoms with E-state index < -0.39 is 12.0 Å². The highest BCUT2D eigenvalue weighted by Crippen LogP contribution is 2.26. The Morgan fingerprint density at radius 3 is 3.00 bits per heavy atom. The van der Waals surface area contributed by atoms with Crippen molar-refractivity contribution in [1.82, 2.24) is 4.37 Å². The maximum Gasteiger partial charge on any atom is 0.305 e. The lowest BCUT2D eigenvalue weighted by Crippen LogP contribution is -2.13. The number of aromatic nitrogens is 1. The van der Waals surface area contributed by atoms with Gasteiger partial charge in [0.2, 0.25) is 0 Å². The van der Waals surface area contributed by atoms with Crippen molar-refractivity contribution in [2.24, 2.45) is 5.73 Å². The number of carboxylic acid groups (broad SMARTS) is 1. The number of carbonyl (C=O) groups is 1. The Bertz CT molecular complexity index is 289. The Labute approximate surface area is 81.7 Å². The summed E-state index contributed by atoms with van der Waals surface area (Å²) in [6.45, 7) is 0. The predicted octanol–water partition coefficient (Wildman–Crippen LogP) is 1.38. The zero-order valence-electron chi connectivity index (χ0n) is 6.03. The van der Waals surface area contributed by atoms with Gasteiger partial charge in [-0.1, -0.05) is 0 Å². The summed E-state index contributed by atoms with van der Waals surface area (Å²) >= 11 is 4.45. The lowest BCUT2D eigenvalue weighted by Gasteiger charge is -2.04. The minimum Gasteiger partial charge on any atom is -0.481 e. The lowest BCUT2D eigenvalue weighted by molar-refractivity contribution is -0.137. The predicted molar refractivity (Wildman–Crippen MR) is 49.0 cm³/mol. The smallest absolute Gasteiger partial charge is 0.305 e. The molecule has 3 N–H and O–H groups in total. The minimum absolute atomic E-state index is 0.0687. The van der Waals surface area contributed by atoms with E-state index in [1.165, 1.54) is 11.5 Å². The second-order valence-corrected chi connectivity index (χ2v) is 3.93. The van der Waals surface area contributed by atoms with Gasteiger partial charge in [0.25, 0.3) is 0 Å². The summed E-state index contributed by atoms with van der Waals surface area (Å²) in [5.74, 6) is -0.900. The quantitative estimate of drug-likeness (QED) is 0.850. The van der Waals surface area contributed by atoms with Crippen LogP contribution in [0.25, 0.3) is 0 Å². The van der Waals surface area contributed by atoms with Gasteiger partial charge in [-0.25, -0.2) is 0 Å². The molecule has 0 saturated carbocycles. The molecular weight excluding hydrogens is 244 g/mol. The van der Waals surface area contributed by atoms with Gasteiger partial charge in [0, 0.05) is 0 Å². The first-order valence-electron chi connectivity index (χ1n) is 3.18. The fourth-order valence-electron chi connectivity index (χ4n) is 0.762. The second kappa shape index (κ2) is 3.97. The third-order valence-corrected chi connectivity index (χ3v) is 3.11. The first-order valence-corrected chi connectivity index (χ1v) is 4.75. The highest BCUT2D eigenvalue weighted by molar-refractivity contribution is 9.10. The van der Waals surface area contributed by atoms with E-state index in [1.807, 2.05) is 0 Å². The second-order valence-electron chi connectivity index (χ2n) is 2.24. The first-order chi connectivity index (χ1) is 5.61. The molecule has 1 rings (SSSR count). The van der Waals surface area contributed by atoms with Gasteiger partial charge in [-0.15, -0.1) is 0 Å². The third kappa shape index (κ3) is 2.26. The molecule has 0 spiro atoms. The first kappa shape index (κ1) is 9.63. The van der Waals surface area contributed by atoms with Gasteiger partial charge in [0.1, 0.15) is 0 Å². The molecule has 0 aliphatic rings. The van der Waals surface area contributed by atoms with Crippen LogP contribution in [0.1, 0.15) is 17.3 Å². The van der Waals surface area contributed by atoms with Crippen molar-refractivity contribution in [3.05, 3.63) is 15.5 Å². The molecule has 0 aromatic carbocycles. The molecule has 4 nitrogen and oxygen atoms in total. The van der Waals surface area contributed by atoms with E-state index in [4.69, 9.17) is 10.8 Å². The molecule has 66 valence electrons. The number of rotatable bonds is 3. The number of hydrogen-bond donors (Lipinski definition) is 2. The maximum atomic E-state index is 10.3. The van der Waals surface area contributed by atoms with Gasteiger partial charge in [-0.3, -0.25) is 4.79 Å². The molecule has 1 unspecified atom stereocenters. The zero-order chi connectivity index (χ0) is 9.14. The SMILES string of the molecule is NC(CC(=O)O)c1sncc1Br. The van der Waals surface area contributed by atoms with Crippen LogP contribution in [0.3, 0.4) is 0 Å². The number of hydrogen-bond acceptors (Lipinski definition) is 4. The summed E-state index contributed by atoms with van der Waals surface area (Å²) in [5.41, 5.74) is 5.60. The summed E-state index contributed by atoms with van der Waals surface area (Å²) in [5, 5.41) is 8.46. The third-order valence-electron chi connectivity index (χ3n) is 1.28. The number of nitrogens with zero attached hydrogens (tertiary/aromatic N) is 1. The van der Waals surface area contributed by atoms with Crippen LogP contribution >= 0.6 is 27.5 Å². The summed E-state index contributed by atoms with van der Waals surface area (Å²) in [6.07, 6.45) is 1.54. The molecule has 1 aromatic rings. The number of halogens is 1. The minimum atomic E-state index is -0.900.